The van der Waals surface area contributed by atoms with E-state index in [9.17, 15) is 4.79 Å². The Morgan fingerprint density at radius 1 is 1.47 bits per heavy atom. The molecule has 0 radical (unpaired) electrons. The molecule has 0 amide bonds. The average Bonchev–Trinajstić information content (AvgIpc) is 2.20. The molecule has 0 saturated heterocycles. The highest BCUT2D eigenvalue weighted by atomic mass is 32.2. The van der Waals surface area contributed by atoms with Gasteiger partial charge >= 0.3 is 0 Å². The molecule has 0 bridgehead atoms. The van der Waals surface area contributed by atoms with Crippen molar-refractivity contribution in [2.45, 2.75) is 38.3 Å². The minimum atomic E-state index is -0.251. The van der Waals surface area contributed by atoms with Gasteiger partial charge in [0, 0.05) is 11.7 Å². The molecule has 1 rings (SSSR count). The van der Waals surface area contributed by atoms with Crippen molar-refractivity contribution in [3.63, 3.8) is 0 Å². The van der Waals surface area contributed by atoms with Gasteiger partial charge in [-0.3, -0.25) is 4.79 Å². The first kappa shape index (κ1) is 12.0. The van der Waals surface area contributed by atoms with Crippen LogP contribution in [0.2, 0.25) is 0 Å². The summed E-state index contributed by atoms with van der Waals surface area (Å²) >= 11 is 1.45. The van der Waals surface area contributed by atoms with E-state index in [4.69, 9.17) is 5.84 Å². The summed E-state index contributed by atoms with van der Waals surface area (Å²) in [6.07, 6.45) is 1.01. The number of hydrogen-bond donors (Lipinski definition) is 1. The van der Waals surface area contributed by atoms with Gasteiger partial charge in [0.05, 0.1) is 0 Å². The second-order valence-electron chi connectivity index (χ2n) is 3.55. The molecule has 1 heterocycles. The van der Waals surface area contributed by atoms with E-state index >= 15 is 0 Å². The molecular formula is C9H16N4OS. The maximum atomic E-state index is 11.7. The van der Waals surface area contributed by atoms with Crippen LogP contribution in [0, 0.1) is 0 Å². The Kier molecular flexibility index (Phi) is 4.14. The lowest BCUT2D eigenvalue weighted by molar-refractivity contribution is 0.639. The molecule has 1 aromatic heterocycles. The van der Waals surface area contributed by atoms with Gasteiger partial charge in [0.15, 0.2) is 0 Å². The second-order valence-corrected chi connectivity index (χ2v) is 4.61. The van der Waals surface area contributed by atoms with Crippen LogP contribution in [-0.2, 0) is 0 Å². The van der Waals surface area contributed by atoms with Gasteiger partial charge in [0.1, 0.15) is 5.69 Å². The highest BCUT2D eigenvalue weighted by molar-refractivity contribution is 7.99. The van der Waals surface area contributed by atoms with Crippen molar-refractivity contribution in [1.29, 1.82) is 0 Å². The summed E-state index contributed by atoms with van der Waals surface area (Å²) in [5.41, 5.74) is 0.164. The Hall–Kier alpha value is -1.04. The SMILES string of the molecule is CCCSc1nnc(C(C)C)c(=O)n1N. The monoisotopic (exact) mass is 228 g/mol. The first-order chi connectivity index (χ1) is 7.07. The quantitative estimate of drug-likeness (QED) is 0.614. The van der Waals surface area contributed by atoms with Crippen LogP contribution < -0.4 is 11.4 Å². The number of nitrogens with zero attached hydrogens (tertiary/aromatic N) is 3. The van der Waals surface area contributed by atoms with Crippen LogP contribution >= 0.6 is 11.8 Å². The van der Waals surface area contributed by atoms with E-state index in [0.29, 0.717) is 10.9 Å². The average molecular weight is 228 g/mol. The maximum absolute atomic E-state index is 11.7. The molecule has 0 aliphatic heterocycles. The minimum absolute atomic E-state index is 0.0463. The zero-order valence-electron chi connectivity index (χ0n) is 9.23. The third kappa shape index (κ3) is 2.71. The molecule has 0 aliphatic carbocycles. The summed E-state index contributed by atoms with van der Waals surface area (Å²) in [6.45, 7) is 5.84. The summed E-state index contributed by atoms with van der Waals surface area (Å²) in [6, 6.07) is 0. The summed E-state index contributed by atoms with van der Waals surface area (Å²) in [7, 11) is 0. The Labute approximate surface area is 93.1 Å². The largest absolute Gasteiger partial charge is 0.334 e. The van der Waals surface area contributed by atoms with Gasteiger partial charge < -0.3 is 5.84 Å². The lowest BCUT2D eigenvalue weighted by atomic mass is 10.1. The molecule has 1 aromatic rings. The highest BCUT2D eigenvalue weighted by Gasteiger charge is 2.12. The Balaban J connectivity index is 3.05. The van der Waals surface area contributed by atoms with Crippen molar-refractivity contribution < 1.29 is 0 Å². The number of rotatable bonds is 4. The molecule has 0 unspecified atom stereocenters. The standard InChI is InChI=1S/C9H16N4OS/c1-4-5-15-9-12-11-7(6(2)3)8(14)13(9)10/h6H,4-5,10H2,1-3H3. The van der Waals surface area contributed by atoms with E-state index < -0.39 is 0 Å². The maximum Gasteiger partial charge on any atom is 0.294 e. The van der Waals surface area contributed by atoms with Crippen LogP contribution in [-0.4, -0.2) is 20.6 Å². The molecular weight excluding hydrogens is 212 g/mol. The van der Waals surface area contributed by atoms with Gasteiger partial charge in [-0.2, -0.15) is 4.68 Å². The number of thioether (sulfide) groups is 1. The zero-order valence-corrected chi connectivity index (χ0v) is 10.0. The Morgan fingerprint density at radius 3 is 2.67 bits per heavy atom. The summed E-state index contributed by atoms with van der Waals surface area (Å²) in [4.78, 5) is 11.7. The van der Waals surface area contributed by atoms with Gasteiger partial charge in [-0.05, 0) is 6.42 Å². The predicted octanol–water partition coefficient (Wildman–Crippen LogP) is 0.978. The molecule has 0 spiro atoms. The zero-order chi connectivity index (χ0) is 11.4. The number of aromatic nitrogens is 3. The van der Waals surface area contributed by atoms with E-state index in [1.165, 1.54) is 11.8 Å². The van der Waals surface area contributed by atoms with E-state index in [-0.39, 0.29) is 11.5 Å². The highest BCUT2D eigenvalue weighted by Crippen LogP contribution is 2.13. The third-order valence-electron chi connectivity index (χ3n) is 1.87. The molecule has 6 heteroatoms. The molecule has 84 valence electrons. The molecule has 0 fully saturated rings. The van der Waals surface area contributed by atoms with Gasteiger partial charge in [-0.15, -0.1) is 10.2 Å². The van der Waals surface area contributed by atoms with Gasteiger partial charge in [-0.25, -0.2) is 0 Å². The van der Waals surface area contributed by atoms with Crippen LogP contribution in [0.3, 0.4) is 0 Å². The van der Waals surface area contributed by atoms with Crippen molar-refractivity contribution in [3.8, 4) is 0 Å². The van der Waals surface area contributed by atoms with Crippen molar-refractivity contribution in [1.82, 2.24) is 14.9 Å². The predicted molar refractivity (Wildman–Crippen MR) is 61.5 cm³/mol. The van der Waals surface area contributed by atoms with Crippen LogP contribution in [0.1, 0.15) is 38.8 Å². The van der Waals surface area contributed by atoms with E-state index in [1.54, 1.807) is 0 Å². The fourth-order valence-electron chi connectivity index (χ4n) is 1.05. The van der Waals surface area contributed by atoms with Crippen LogP contribution in [0.25, 0.3) is 0 Å². The smallest absolute Gasteiger partial charge is 0.294 e. The summed E-state index contributed by atoms with van der Waals surface area (Å²) in [5, 5.41) is 8.33. The van der Waals surface area contributed by atoms with Crippen molar-refractivity contribution in [2.24, 2.45) is 0 Å². The number of hydrogen-bond acceptors (Lipinski definition) is 5. The van der Waals surface area contributed by atoms with Crippen LogP contribution in [0.4, 0.5) is 0 Å². The van der Waals surface area contributed by atoms with Crippen LogP contribution in [0.15, 0.2) is 9.95 Å². The molecule has 0 aromatic carbocycles. The fourth-order valence-corrected chi connectivity index (χ4v) is 1.76. The topological polar surface area (TPSA) is 73.8 Å². The van der Waals surface area contributed by atoms with Crippen molar-refractivity contribution >= 4 is 11.8 Å². The van der Waals surface area contributed by atoms with Gasteiger partial charge in [0.25, 0.3) is 5.56 Å². The molecule has 5 nitrogen and oxygen atoms in total. The molecule has 0 aliphatic rings. The first-order valence-corrected chi connectivity index (χ1v) is 5.94. The number of nitrogen functional groups attached to an aromatic ring is 1. The van der Waals surface area contributed by atoms with Gasteiger partial charge in [-0.1, -0.05) is 32.5 Å². The van der Waals surface area contributed by atoms with E-state index in [2.05, 4.69) is 17.1 Å². The lowest BCUT2D eigenvalue weighted by Crippen LogP contribution is -2.34. The molecule has 15 heavy (non-hydrogen) atoms. The Morgan fingerprint density at radius 2 is 2.13 bits per heavy atom. The van der Waals surface area contributed by atoms with E-state index in [1.807, 2.05) is 13.8 Å². The fraction of sp³-hybridized carbons (Fsp3) is 0.667. The normalized spacial score (nSPS) is 10.9. The summed E-state index contributed by atoms with van der Waals surface area (Å²) in [5.74, 6) is 6.57. The summed E-state index contributed by atoms with van der Waals surface area (Å²) < 4.78 is 1.09. The Bertz CT molecular complexity index is 388. The molecule has 2 N–H and O–H groups in total. The van der Waals surface area contributed by atoms with E-state index in [0.717, 1.165) is 16.8 Å². The van der Waals surface area contributed by atoms with Gasteiger partial charge in [0.2, 0.25) is 5.16 Å². The van der Waals surface area contributed by atoms with Crippen molar-refractivity contribution in [2.75, 3.05) is 11.6 Å². The molecule has 0 saturated carbocycles. The van der Waals surface area contributed by atoms with Crippen molar-refractivity contribution in [3.05, 3.63) is 16.0 Å². The number of nitrogens with two attached hydrogens (primary N) is 1. The molecule has 0 atom stereocenters. The minimum Gasteiger partial charge on any atom is -0.334 e. The first-order valence-electron chi connectivity index (χ1n) is 4.95. The second kappa shape index (κ2) is 5.16. The lowest BCUT2D eigenvalue weighted by Gasteiger charge is -2.08. The van der Waals surface area contributed by atoms with Crippen LogP contribution in [0.5, 0.6) is 0 Å². The third-order valence-corrected chi connectivity index (χ3v) is 3.02.